The third-order valence-corrected chi connectivity index (χ3v) is 10.4. The Morgan fingerprint density at radius 2 is 1.87 bits per heavy atom. The number of aliphatic hydroxyl groups excluding tert-OH is 1. The van der Waals surface area contributed by atoms with Crippen molar-refractivity contribution >= 4 is 57.2 Å². The van der Waals surface area contributed by atoms with Gasteiger partial charge in [-0.25, -0.2) is 4.79 Å². The first kappa shape index (κ1) is 36.9. The van der Waals surface area contributed by atoms with E-state index < -0.39 is 12.2 Å². The first-order chi connectivity index (χ1) is 25.1. The number of hydrogen-bond donors (Lipinski definition) is 6. The van der Waals surface area contributed by atoms with Gasteiger partial charge in [0.15, 0.2) is 0 Å². The largest absolute Gasteiger partial charge is 0.506 e. The highest BCUT2D eigenvalue weighted by molar-refractivity contribution is 7.08. The number of carbonyl (C=O) groups is 2. The average molecular weight is 746 g/mol. The predicted molar refractivity (Wildman–Crippen MR) is 204 cm³/mol. The van der Waals surface area contributed by atoms with Gasteiger partial charge in [-0.15, -0.1) is 11.3 Å². The number of ether oxygens (including phenoxy) is 1. The lowest BCUT2D eigenvalue weighted by atomic mass is 10.0. The summed E-state index contributed by atoms with van der Waals surface area (Å²) in [6.45, 7) is 2.31. The summed E-state index contributed by atoms with van der Waals surface area (Å²) in [6, 6.07) is 18.9. The third-order valence-electron chi connectivity index (χ3n) is 9.33. The molecule has 5 aromatic rings. The number of likely N-dealkylation sites (tertiary alicyclic amines) is 1. The van der Waals surface area contributed by atoms with Gasteiger partial charge < -0.3 is 40.6 Å². The number of nitrogens with one attached hydrogen (secondary N) is 3. The Balaban J connectivity index is 0.999. The van der Waals surface area contributed by atoms with E-state index in [0.717, 1.165) is 11.1 Å². The maximum absolute atomic E-state index is 13.0. The van der Waals surface area contributed by atoms with Crippen molar-refractivity contribution in [3.8, 4) is 22.6 Å². The Kier molecular flexibility index (Phi) is 11.8. The van der Waals surface area contributed by atoms with Crippen molar-refractivity contribution < 1.29 is 29.6 Å². The predicted octanol–water partition coefficient (Wildman–Crippen LogP) is 6.43. The van der Waals surface area contributed by atoms with Crippen LogP contribution >= 0.6 is 22.9 Å². The van der Waals surface area contributed by atoms with Crippen LogP contribution in [-0.4, -0.2) is 76.5 Å². The summed E-state index contributed by atoms with van der Waals surface area (Å²) in [5, 5.41) is 42.1. The molecule has 14 heteroatoms. The van der Waals surface area contributed by atoms with Gasteiger partial charge in [-0.05, 0) is 42.2 Å². The maximum Gasteiger partial charge on any atom is 0.412 e. The Morgan fingerprint density at radius 1 is 1.10 bits per heavy atom. The SMILES string of the molecule is COc1cc(NC(=O)CCN2CCC(N(C(=O)O)c3cscc3-c3ccccc3)CC2)c(Cl)cc1CNC[C@H](O)c1ccc(O)c2[nH]c(=O)ccc12. The number of halogens is 1. The molecule has 0 radical (unpaired) electrons. The highest BCUT2D eigenvalue weighted by Gasteiger charge is 2.31. The first-order valence-corrected chi connectivity index (χ1v) is 18.2. The molecule has 1 saturated heterocycles. The van der Waals surface area contributed by atoms with Crippen LogP contribution < -0.4 is 25.8 Å². The lowest BCUT2D eigenvalue weighted by Crippen LogP contribution is -2.47. The Bertz CT molecular complexity index is 2100. The summed E-state index contributed by atoms with van der Waals surface area (Å²) in [6.07, 6.45) is -0.373. The molecule has 3 heterocycles. The van der Waals surface area contributed by atoms with Crippen LogP contribution in [0.4, 0.5) is 16.2 Å². The van der Waals surface area contributed by atoms with Gasteiger partial charge in [-0.3, -0.25) is 14.5 Å². The fraction of sp³-hybridized carbons (Fsp3) is 0.289. The van der Waals surface area contributed by atoms with Gasteiger partial charge in [-0.2, -0.15) is 0 Å². The van der Waals surface area contributed by atoms with Crippen LogP contribution in [-0.2, 0) is 11.3 Å². The molecule has 272 valence electrons. The normalized spacial score (nSPS) is 14.3. The summed E-state index contributed by atoms with van der Waals surface area (Å²) in [5.74, 6) is 0.209. The van der Waals surface area contributed by atoms with Gasteiger partial charge in [0.1, 0.15) is 11.5 Å². The van der Waals surface area contributed by atoms with E-state index in [4.69, 9.17) is 16.3 Å². The first-order valence-electron chi connectivity index (χ1n) is 16.9. The minimum atomic E-state index is -0.970. The van der Waals surface area contributed by atoms with Crippen LogP contribution in [0, 0.1) is 0 Å². The highest BCUT2D eigenvalue weighted by atomic mass is 35.5. The van der Waals surface area contributed by atoms with Gasteiger partial charge in [0.2, 0.25) is 11.5 Å². The number of aromatic nitrogens is 1. The molecular formula is C38H40ClN5O7S. The molecule has 0 spiro atoms. The molecule has 52 heavy (non-hydrogen) atoms. The third kappa shape index (κ3) is 8.41. The Labute approximate surface area is 309 Å². The molecule has 6 N–H and O–H groups in total. The van der Waals surface area contributed by atoms with Crippen molar-refractivity contribution in [3.63, 3.8) is 0 Å². The molecule has 1 atom stereocenters. The fourth-order valence-electron chi connectivity index (χ4n) is 6.66. The van der Waals surface area contributed by atoms with Crippen molar-refractivity contribution in [3.05, 3.63) is 104 Å². The second-order valence-corrected chi connectivity index (χ2v) is 13.8. The zero-order valence-electron chi connectivity index (χ0n) is 28.5. The molecule has 1 fully saturated rings. The molecule has 6 rings (SSSR count). The van der Waals surface area contributed by atoms with E-state index in [-0.39, 0.29) is 41.7 Å². The summed E-state index contributed by atoms with van der Waals surface area (Å²) < 4.78 is 5.58. The van der Waals surface area contributed by atoms with E-state index in [2.05, 4.69) is 20.5 Å². The van der Waals surface area contributed by atoms with Crippen LogP contribution in [0.3, 0.4) is 0 Å². The highest BCUT2D eigenvalue weighted by Crippen LogP contribution is 2.37. The van der Waals surface area contributed by atoms with E-state index in [1.165, 1.54) is 35.5 Å². The number of hydrogen-bond acceptors (Lipinski definition) is 9. The molecule has 2 amide bonds. The molecule has 1 aliphatic rings. The van der Waals surface area contributed by atoms with E-state index >= 15 is 0 Å². The average Bonchev–Trinajstić information content (AvgIpc) is 3.62. The van der Waals surface area contributed by atoms with Crippen molar-refractivity contribution in [2.24, 2.45) is 0 Å². The standard InChI is InChI=1S/C38H40ClN5O7S/c1-51-34-18-30(29(39)17-24(34)19-40-20-33(46)26-7-9-32(45)37-27(26)8-10-35(47)42-37)41-36(48)13-16-43-14-11-25(12-15-43)44(38(49)50)31-22-52-21-28(31)23-5-3-2-4-6-23/h2-10,17-18,21-22,25,33,40,45-46H,11-16,19-20H2,1H3,(H,41,48)(H,42,47)(H,49,50)/t33-/m0/s1. The molecule has 2 aromatic heterocycles. The minimum Gasteiger partial charge on any atom is -0.506 e. The van der Waals surface area contributed by atoms with Crippen molar-refractivity contribution in [2.75, 3.05) is 43.5 Å². The number of aromatic hydroxyl groups is 1. The number of anilines is 2. The van der Waals surface area contributed by atoms with Crippen molar-refractivity contribution in [2.45, 2.75) is 38.0 Å². The van der Waals surface area contributed by atoms with Crippen molar-refractivity contribution in [1.82, 2.24) is 15.2 Å². The Morgan fingerprint density at radius 3 is 2.60 bits per heavy atom. The molecule has 0 aliphatic carbocycles. The summed E-state index contributed by atoms with van der Waals surface area (Å²) in [4.78, 5) is 43.4. The number of carbonyl (C=O) groups excluding carboxylic acids is 1. The number of thiophene rings is 1. The van der Waals surface area contributed by atoms with Crippen LogP contribution in [0.1, 0.15) is 36.5 Å². The number of rotatable bonds is 13. The van der Waals surface area contributed by atoms with Gasteiger partial charge in [-0.1, -0.05) is 48.0 Å². The zero-order chi connectivity index (χ0) is 36.8. The number of nitrogens with zero attached hydrogens (tertiary/aromatic N) is 2. The monoisotopic (exact) mass is 745 g/mol. The number of aliphatic hydroxyl groups is 1. The quantitative estimate of drug-likeness (QED) is 0.0797. The van der Waals surface area contributed by atoms with Crippen LogP contribution in [0.15, 0.2) is 82.3 Å². The maximum atomic E-state index is 13.0. The molecule has 12 nitrogen and oxygen atoms in total. The topological polar surface area (TPSA) is 167 Å². The lowest BCUT2D eigenvalue weighted by molar-refractivity contribution is -0.116. The van der Waals surface area contributed by atoms with Gasteiger partial charge in [0.05, 0.1) is 35.1 Å². The second-order valence-electron chi connectivity index (χ2n) is 12.6. The molecule has 1 aliphatic heterocycles. The van der Waals surface area contributed by atoms with E-state index in [9.17, 15) is 29.7 Å². The number of methoxy groups -OCH3 is 1. The fourth-order valence-corrected chi connectivity index (χ4v) is 7.73. The number of fused-ring (bicyclic) bond motifs is 1. The summed E-state index contributed by atoms with van der Waals surface area (Å²) in [5.41, 5.74) is 4.17. The number of phenolic OH excluding ortho intramolecular Hbond substituents is 1. The number of H-pyrrole nitrogens is 1. The molecule has 0 unspecified atom stereocenters. The smallest absolute Gasteiger partial charge is 0.412 e. The number of pyridine rings is 1. The van der Waals surface area contributed by atoms with E-state index in [1.54, 1.807) is 24.3 Å². The number of benzene rings is 3. The number of amides is 2. The van der Waals surface area contributed by atoms with Crippen LogP contribution in [0.5, 0.6) is 11.5 Å². The lowest BCUT2D eigenvalue weighted by Gasteiger charge is -2.37. The zero-order valence-corrected chi connectivity index (χ0v) is 30.0. The van der Waals surface area contributed by atoms with E-state index in [1.807, 2.05) is 41.1 Å². The second kappa shape index (κ2) is 16.6. The van der Waals surface area contributed by atoms with Crippen molar-refractivity contribution in [1.29, 1.82) is 0 Å². The van der Waals surface area contributed by atoms with Crippen LogP contribution in [0.25, 0.3) is 22.0 Å². The van der Waals surface area contributed by atoms with Crippen LogP contribution in [0.2, 0.25) is 5.02 Å². The number of carboxylic acid groups (broad SMARTS) is 1. The van der Waals surface area contributed by atoms with Gasteiger partial charge in [0, 0.05) is 84.6 Å². The molecule has 3 aromatic carbocycles. The summed E-state index contributed by atoms with van der Waals surface area (Å²) in [7, 11) is 1.52. The minimum absolute atomic E-state index is 0.0831. The Hall–Kier alpha value is -4.92. The van der Waals surface area contributed by atoms with E-state index in [0.29, 0.717) is 77.7 Å². The molecule has 0 bridgehead atoms. The molecular weight excluding hydrogens is 706 g/mol. The van der Waals surface area contributed by atoms with Gasteiger partial charge in [0.25, 0.3) is 0 Å². The summed E-state index contributed by atoms with van der Waals surface area (Å²) >= 11 is 8.07. The number of piperidine rings is 1. The van der Waals surface area contributed by atoms with Gasteiger partial charge >= 0.3 is 6.09 Å². The number of aromatic amines is 1. The number of phenols is 1. The molecule has 0 saturated carbocycles.